The van der Waals surface area contributed by atoms with Gasteiger partial charge in [0.15, 0.2) is 0 Å². The van der Waals surface area contributed by atoms with Crippen LogP contribution in [-0.2, 0) is 11.3 Å². The van der Waals surface area contributed by atoms with E-state index in [1.54, 1.807) is 30.7 Å². The number of nitrogens with one attached hydrogen (secondary N) is 3. The molecule has 1 saturated heterocycles. The maximum Gasteiger partial charge on any atom is 0.127 e. The largest absolute Gasteiger partial charge is 0.369 e. The molecule has 0 aliphatic carbocycles. The summed E-state index contributed by atoms with van der Waals surface area (Å²) < 4.78 is 19.9. The molecule has 2 aromatic heterocycles. The number of ether oxygens (including phenoxy) is 1. The van der Waals surface area contributed by atoms with E-state index in [2.05, 4.69) is 30.5 Å². The van der Waals surface area contributed by atoms with Crippen LogP contribution in [0.3, 0.4) is 0 Å². The molecule has 4 aromatic rings. The zero-order chi connectivity index (χ0) is 23.3. The molecule has 8 nitrogen and oxygen atoms in total. The maximum absolute atomic E-state index is 14.1. The van der Waals surface area contributed by atoms with Gasteiger partial charge < -0.3 is 10.1 Å². The number of anilines is 1. The summed E-state index contributed by atoms with van der Waals surface area (Å²) in [4.78, 5) is 6.18. The number of benzene rings is 2. The monoisotopic (exact) mass is 457 g/mol. The number of fused-ring (bicyclic) bond motifs is 1. The molecular formula is C25H24FN7O. The molecule has 3 heterocycles. The molecular weight excluding hydrogens is 433 g/mol. The third kappa shape index (κ3) is 4.70. The number of aromatic amines is 1. The Bertz CT molecular complexity index is 1320. The highest BCUT2D eigenvalue weighted by Gasteiger charge is 2.24. The Balaban J connectivity index is 1.31. The summed E-state index contributed by atoms with van der Waals surface area (Å²) in [5, 5.41) is 15.4. The number of pyridine rings is 1. The van der Waals surface area contributed by atoms with E-state index in [0.29, 0.717) is 37.5 Å². The van der Waals surface area contributed by atoms with Crippen molar-refractivity contribution in [3.63, 3.8) is 0 Å². The van der Waals surface area contributed by atoms with E-state index in [0.717, 1.165) is 27.8 Å². The smallest absolute Gasteiger partial charge is 0.127 e. The van der Waals surface area contributed by atoms with Gasteiger partial charge in [-0.3, -0.25) is 15.0 Å². The predicted molar refractivity (Wildman–Crippen MR) is 128 cm³/mol. The number of hydrogen-bond donors (Lipinski definition) is 3. The Labute approximate surface area is 196 Å². The Morgan fingerprint density at radius 1 is 1.24 bits per heavy atom. The van der Waals surface area contributed by atoms with E-state index in [1.807, 2.05) is 36.4 Å². The number of nitrogens with zero attached hydrogens (tertiary/aromatic N) is 4. The van der Waals surface area contributed by atoms with Gasteiger partial charge in [0, 0.05) is 60.4 Å². The molecule has 0 radical (unpaired) electrons. The second-order valence-electron chi connectivity index (χ2n) is 8.08. The molecule has 2 aromatic carbocycles. The first kappa shape index (κ1) is 21.9. The molecule has 0 bridgehead atoms. The fourth-order valence-electron chi connectivity index (χ4n) is 4.08. The van der Waals surface area contributed by atoms with Gasteiger partial charge in [-0.25, -0.2) is 9.92 Å². The molecule has 1 aliphatic heterocycles. The SMILES string of the molecule is N=N/C(=C\Nc1ccc2[nH]nc(-c3ccncc3)c2c1)C1CN(Cc2ccccc2F)CCO1. The van der Waals surface area contributed by atoms with Crippen molar-refractivity contribution in [2.75, 3.05) is 25.0 Å². The molecule has 0 saturated carbocycles. The van der Waals surface area contributed by atoms with E-state index in [9.17, 15) is 4.39 Å². The third-order valence-electron chi connectivity index (χ3n) is 5.86. The number of halogens is 1. The van der Waals surface area contributed by atoms with Gasteiger partial charge >= 0.3 is 0 Å². The van der Waals surface area contributed by atoms with Gasteiger partial charge in [0.05, 0.1) is 12.1 Å². The molecule has 1 unspecified atom stereocenters. The molecule has 3 N–H and O–H groups in total. The summed E-state index contributed by atoms with van der Waals surface area (Å²) in [6, 6.07) is 16.5. The van der Waals surface area contributed by atoms with Crippen LogP contribution in [0.1, 0.15) is 5.56 Å². The summed E-state index contributed by atoms with van der Waals surface area (Å²) in [7, 11) is 0. The highest BCUT2D eigenvalue weighted by molar-refractivity contribution is 5.94. The minimum atomic E-state index is -0.379. The number of H-pyrrole nitrogens is 1. The highest BCUT2D eigenvalue weighted by atomic mass is 19.1. The normalized spacial score (nSPS) is 17.1. The molecule has 172 valence electrons. The lowest BCUT2D eigenvalue weighted by atomic mass is 10.1. The summed E-state index contributed by atoms with van der Waals surface area (Å²) in [6.07, 6.45) is 4.79. The Morgan fingerprint density at radius 2 is 2.09 bits per heavy atom. The fourth-order valence-corrected chi connectivity index (χ4v) is 4.08. The molecule has 1 fully saturated rings. The summed E-state index contributed by atoms with van der Waals surface area (Å²) in [5.41, 5.74) is 12.4. The average Bonchev–Trinajstić information content (AvgIpc) is 3.30. The van der Waals surface area contributed by atoms with Crippen molar-refractivity contribution in [3.8, 4) is 11.3 Å². The molecule has 0 spiro atoms. The number of hydrogen-bond acceptors (Lipinski definition) is 7. The zero-order valence-corrected chi connectivity index (χ0v) is 18.4. The number of aromatic nitrogens is 3. The molecule has 1 aliphatic rings. The van der Waals surface area contributed by atoms with Crippen LogP contribution in [-0.4, -0.2) is 45.9 Å². The van der Waals surface area contributed by atoms with Crippen LogP contribution in [0.4, 0.5) is 10.1 Å². The lowest BCUT2D eigenvalue weighted by molar-refractivity contribution is -0.0136. The molecule has 9 heteroatoms. The third-order valence-corrected chi connectivity index (χ3v) is 5.86. The van der Waals surface area contributed by atoms with Crippen LogP contribution in [0, 0.1) is 11.3 Å². The Kier molecular flexibility index (Phi) is 6.37. The summed E-state index contributed by atoms with van der Waals surface area (Å²) >= 11 is 0. The van der Waals surface area contributed by atoms with Crippen molar-refractivity contribution >= 4 is 16.6 Å². The summed E-state index contributed by atoms with van der Waals surface area (Å²) in [6.45, 7) is 2.19. The minimum absolute atomic E-state index is 0.214. The van der Waals surface area contributed by atoms with Crippen molar-refractivity contribution < 1.29 is 9.13 Å². The van der Waals surface area contributed by atoms with Gasteiger partial charge in [-0.05, 0) is 36.4 Å². The van der Waals surface area contributed by atoms with E-state index in [-0.39, 0.29) is 11.9 Å². The standard InChI is InChI=1S/C25H24FN7O/c26-21-4-2-1-3-18(21)15-33-11-12-34-24(16-33)23(30-27)14-29-19-5-6-22-20(13-19)25(32-31-22)17-7-9-28-10-8-17/h1-10,13-14,24,27,29H,11-12,15-16H2,(H,31,32)/b23-14-,30-27?. The van der Waals surface area contributed by atoms with Gasteiger partial charge in [-0.1, -0.05) is 18.2 Å². The highest BCUT2D eigenvalue weighted by Crippen LogP contribution is 2.28. The number of morpholine rings is 1. The lowest BCUT2D eigenvalue weighted by Gasteiger charge is -2.32. The van der Waals surface area contributed by atoms with E-state index >= 15 is 0 Å². The van der Waals surface area contributed by atoms with Crippen LogP contribution in [0.15, 0.2) is 84.0 Å². The van der Waals surface area contributed by atoms with Gasteiger partial charge in [-0.2, -0.15) is 10.2 Å². The van der Waals surface area contributed by atoms with Gasteiger partial charge in [0.1, 0.15) is 23.3 Å². The van der Waals surface area contributed by atoms with Crippen molar-refractivity contribution in [2.24, 2.45) is 5.11 Å². The zero-order valence-electron chi connectivity index (χ0n) is 18.4. The molecule has 0 amide bonds. The van der Waals surface area contributed by atoms with Crippen LogP contribution in [0.2, 0.25) is 0 Å². The van der Waals surface area contributed by atoms with Crippen molar-refractivity contribution in [1.29, 1.82) is 5.53 Å². The van der Waals surface area contributed by atoms with Crippen LogP contribution in [0.5, 0.6) is 0 Å². The number of rotatable bonds is 7. The Hall–Kier alpha value is -3.95. The average molecular weight is 458 g/mol. The van der Waals surface area contributed by atoms with Crippen molar-refractivity contribution in [1.82, 2.24) is 20.1 Å². The van der Waals surface area contributed by atoms with Gasteiger partial charge in [0.2, 0.25) is 0 Å². The first-order chi connectivity index (χ1) is 16.7. The maximum atomic E-state index is 14.1. The van der Waals surface area contributed by atoms with Gasteiger partial charge in [0.25, 0.3) is 0 Å². The van der Waals surface area contributed by atoms with E-state index in [4.69, 9.17) is 10.3 Å². The first-order valence-electron chi connectivity index (χ1n) is 11.0. The first-order valence-corrected chi connectivity index (χ1v) is 11.0. The summed E-state index contributed by atoms with van der Waals surface area (Å²) in [5.74, 6) is -0.214. The lowest BCUT2D eigenvalue weighted by Crippen LogP contribution is -2.42. The molecule has 1 atom stereocenters. The van der Waals surface area contributed by atoms with Crippen molar-refractivity contribution in [2.45, 2.75) is 12.6 Å². The van der Waals surface area contributed by atoms with Crippen LogP contribution < -0.4 is 5.32 Å². The second kappa shape index (κ2) is 9.90. The quantitative estimate of drug-likeness (QED) is 0.341. The topological polar surface area (TPSA) is 102 Å². The molecule has 5 rings (SSSR count). The van der Waals surface area contributed by atoms with E-state index in [1.165, 1.54) is 6.07 Å². The minimum Gasteiger partial charge on any atom is -0.369 e. The van der Waals surface area contributed by atoms with Crippen LogP contribution in [0.25, 0.3) is 22.2 Å². The predicted octanol–water partition coefficient (Wildman–Crippen LogP) is 4.95. The molecule has 34 heavy (non-hydrogen) atoms. The second-order valence-corrected chi connectivity index (χ2v) is 8.08. The Morgan fingerprint density at radius 3 is 2.91 bits per heavy atom. The fraction of sp³-hybridized carbons (Fsp3) is 0.200. The van der Waals surface area contributed by atoms with Gasteiger partial charge in [-0.15, -0.1) is 0 Å². The van der Waals surface area contributed by atoms with E-state index < -0.39 is 0 Å². The van der Waals surface area contributed by atoms with Crippen LogP contribution >= 0.6 is 0 Å². The van der Waals surface area contributed by atoms with Crippen molar-refractivity contribution in [3.05, 3.63) is 90.3 Å².